The van der Waals surface area contributed by atoms with Gasteiger partial charge < -0.3 is 9.47 Å². The lowest BCUT2D eigenvalue weighted by Gasteiger charge is -2.26. The number of fused-ring (bicyclic) bond motifs is 9. The van der Waals surface area contributed by atoms with Crippen LogP contribution in [0.25, 0.3) is 79.0 Å². The Balaban J connectivity index is 1.08. The summed E-state index contributed by atoms with van der Waals surface area (Å²) in [6.45, 7) is 0. The molecule has 0 aliphatic carbocycles. The van der Waals surface area contributed by atoms with Crippen molar-refractivity contribution in [2.45, 2.75) is 0 Å². The first kappa shape index (κ1) is 29.5. The lowest BCUT2D eigenvalue weighted by molar-refractivity contribution is 1.18. The summed E-state index contributed by atoms with van der Waals surface area (Å²) in [6, 6.07) is 66.6. The Morgan fingerprint density at radius 1 is 0.365 bits per heavy atom. The van der Waals surface area contributed by atoms with E-state index in [4.69, 9.17) is 0 Å². The van der Waals surface area contributed by atoms with Gasteiger partial charge in [0.15, 0.2) is 0 Å². The van der Waals surface area contributed by atoms with Crippen LogP contribution in [0.15, 0.2) is 182 Å². The van der Waals surface area contributed by atoms with Gasteiger partial charge in [0.25, 0.3) is 0 Å². The maximum atomic E-state index is 2.45. The Morgan fingerprint density at radius 2 is 0.962 bits per heavy atom. The fourth-order valence-corrected chi connectivity index (χ4v) is 10.3. The van der Waals surface area contributed by atoms with Crippen LogP contribution in [0.5, 0.6) is 0 Å². The summed E-state index contributed by atoms with van der Waals surface area (Å²) >= 11 is 3.74. The van der Waals surface area contributed by atoms with Gasteiger partial charge in [-0.2, -0.15) is 0 Å². The molecule has 0 radical (unpaired) electrons. The minimum atomic E-state index is 1.13. The van der Waals surface area contributed by atoms with Gasteiger partial charge in [0.1, 0.15) is 0 Å². The molecule has 11 rings (SSSR count). The number of thiophene rings is 2. The molecule has 0 unspecified atom stereocenters. The molecule has 3 heterocycles. The molecule has 0 atom stereocenters. The fourth-order valence-electron chi connectivity index (χ4n) is 8.00. The molecule has 3 aromatic heterocycles. The van der Waals surface area contributed by atoms with Gasteiger partial charge in [0, 0.05) is 63.5 Å². The Hall–Kier alpha value is -6.20. The van der Waals surface area contributed by atoms with Crippen molar-refractivity contribution in [3.63, 3.8) is 0 Å². The average Bonchev–Trinajstić information content (AvgIpc) is 3.88. The van der Waals surface area contributed by atoms with Gasteiger partial charge in [-0.05, 0) is 77.9 Å². The molecular formula is C48H30N2S2. The normalized spacial score (nSPS) is 11.8. The summed E-state index contributed by atoms with van der Waals surface area (Å²) in [6.07, 6.45) is 0. The van der Waals surface area contributed by atoms with Crippen LogP contribution in [0.1, 0.15) is 0 Å². The topological polar surface area (TPSA) is 8.17 Å². The molecule has 0 fully saturated rings. The summed E-state index contributed by atoms with van der Waals surface area (Å²) < 4.78 is 7.61. The highest BCUT2D eigenvalue weighted by Crippen LogP contribution is 2.46. The average molecular weight is 699 g/mol. The zero-order chi connectivity index (χ0) is 34.2. The van der Waals surface area contributed by atoms with Crippen LogP contribution in [-0.2, 0) is 0 Å². The second-order valence-corrected chi connectivity index (χ2v) is 15.5. The first-order valence-corrected chi connectivity index (χ1v) is 19.2. The van der Waals surface area contributed by atoms with Crippen LogP contribution in [0, 0.1) is 0 Å². The molecule has 0 bridgehead atoms. The molecule has 0 aliphatic rings. The summed E-state index contributed by atoms with van der Waals surface area (Å²) in [5.74, 6) is 0. The molecule has 244 valence electrons. The van der Waals surface area contributed by atoms with Gasteiger partial charge in [-0.1, -0.05) is 115 Å². The number of anilines is 3. The predicted octanol–water partition coefficient (Wildman–Crippen LogP) is 14.7. The molecular weight excluding hydrogens is 669 g/mol. The second-order valence-electron chi connectivity index (χ2n) is 13.3. The fraction of sp³-hybridized carbons (Fsp3) is 0. The van der Waals surface area contributed by atoms with Crippen LogP contribution in [0.4, 0.5) is 17.1 Å². The number of rotatable bonds is 5. The van der Waals surface area contributed by atoms with Crippen LogP contribution in [0.3, 0.4) is 0 Å². The monoisotopic (exact) mass is 698 g/mol. The standard InChI is InChI=1S/C48H30N2S2/c1-2-11-33(12-3-1)50-42-17-7-4-13-36(42)37-27-23-32(29-44(37)50)31-21-24-34(25-22-31)49(35-26-28-40-38-14-5-8-19-45(38)51-47(40)30-35)43-18-10-16-41-39-15-6-9-20-46(39)52-48(41)43/h1-30H. The van der Waals surface area contributed by atoms with E-state index in [0.29, 0.717) is 0 Å². The van der Waals surface area contributed by atoms with Crippen LogP contribution >= 0.6 is 22.7 Å². The van der Waals surface area contributed by atoms with E-state index in [1.165, 1.54) is 84.7 Å². The van der Waals surface area contributed by atoms with E-state index in [0.717, 1.165) is 11.4 Å². The largest absolute Gasteiger partial charge is 0.309 e. The number of benzene rings is 8. The lowest BCUT2D eigenvalue weighted by atomic mass is 10.0. The third kappa shape index (κ3) is 4.55. The number of aromatic nitrogens is 1. The van der Waals surface area contributed by atoms with E-state index in [9.17, 15) is 0 Å². The zero-order valence-corrected chi connectivity index (χ0v) is 29.7. The smallest absolute Gasteiger partial charge is 0.0640 e. The van der Waals surface area contributed by atoms with Gasteiger partial charge in [-0.25, -0.2) is 0 Å². The van der Waals surface area contributed by atoms with Crippen molar-refractivity contribution in [1.82, 2.24) is 4.57 Å². The number of para-hydroxylation sites is 2. The van der Waals surface area contributed by atoms with Crippen molar-refractivity contribution in [2.24, 2.45) is 0 Å². The van der Waals surface area contributed by atoms with Gasteiger partial charge in [0.2, 0.25) is 0 Å². The van der Waals surface area contributed by atoms with E-state index in [1.807, 2.05) is 22.7 Å². The van der Waals surface area contributed by atoms with E-state index >= 15 is 0 Å². The molecule has 0 saturated heterocycles. The Labute approximate surface area is 308 Å². The molecule has 0 amide bonds. The summed E-state index contributed by atoms with van der Waals surface area (Å²) in [5.41, 5.74) is 9.48. The molecule has 0 spiro atoms. The van der Waals surface area contributed by atoms with E-state index in [-0.39, 0.29) is 0 Å². The highest BCUT2D eigenvalue weighted by atomic mass is 32.1. The number of nitrogens with zero attached hydrogens (tertiary/aromatic N) is 2. The van der Waals surface area contributed by atoms with Crippen molar-refractivity contribution in [3.05, 3.63) is 182 Å². The van der Waals surface area contributed by atoms with E-state index in [1.54, 1.807) is 0 Å². The third-order valence-corrected chi connectivity index (χ3v) is 12.7. The first-order valence-electron chi connectivity index (χ1n) is 17.6. The Morgan fingerprint density at radius 3 is 1.79 bits per heavy atom. The van der Waals surface area contributed by atoms with Gasteiger partial charge >= 0.3 is 0 Å². The first-order chi connectivity index (χ1) is 25.8. The van der Waals surface area contributed by atoms with Crippen molar-refractivity contribution in [1.29, 1.82) is 0 Å². The highest BCUT2D eigenvalue weighted by Gasteiger charge is 2.20. The number of hydrogen-bond acceptors (Lipinski definition) is 3. The van der Waals surface area contributed by atoms with Crippen LogP contribution in [0.2, 0.25) is 0 Å². The summed E-state index contributed by atoms with van der Waals surface area (Å²) in [4.78, 5) is 2.45. The SMILES string of the molecule is c1ccc(-n2c3ccccc3c3ccc(-c4ccc(N(c5ccc6c(c5)sc5ccccc56)c5cccc6c5sc5ccccc56)cc4)cc32)cc1. The van der Waals surface area contributed by atoms with Crippen molar-refractivity contribution >= 4 is 102 Å². The third-order valence-electron chi connectivity index (χ3n) is 10.4. The minimum absolute atomic E-state index is 1.13. The van der Waals surface area contributed by atoms with Crippen molar-refractivity contribution in [2.75, 3.05) is 4.90 Å². The lowest BCUT2D eigenvalue weighted by Crippen LogP contribution is -2.09. The molecule has 11 aromatic rings. The molecule has 0 N–H and O–H groups in total. The maximum absolute atomic E-state index is 2.45. The highest BCUT2D eigenvalue weighted by molar-refractivity contribution is 7.26. The van der Waals surface area contributed by atoms with Gasteiger partial charge in [-0.3, -0.25) is 0 Å². The van der Waals surface area contributed by atoms with E-state index < -0.39 is 0 Å². The molecule has 4 heteroatoms. The van der Waals surface area contributed by atoms with Crippen LogP contribution < -0.4 is 4.90 Å². The Bertz CT molecular complexity index is 3130. The molecule has 0 saturated carbocycles. The zero-order valence-electron chi connectivity index (χ0n) is 28.0. The molecule has 8 aromatic carbocycles. The second kappa shape index (κ2) is 11.7. The quantitative estimate of drug-likeness (QED) is 0.174. The molecule has 2 nitrogen and oxygen atoms in total. The predicted molar refractivity (Wildman–Crippen MR) is 227 cm³/mol. The molecule has 0 aliphatic heterocycles. The van der Waals surface area contributed by atoms with Crippen LogP contribution in [-0.4, -0.2) is 4.57 Å². The van der Waals surface area contributed by atoms with Crippen molar-refractivity contribution in [3.8, 4) is 16.8 Å². The Kier molecular flexibility index (Phi) is 6.63. The van der Waals surface area contributed by atoms with Gasteiger partial charge in [-0.15, -0.1) is 22.7 Å². The van der Waals surface area contributed by atoms with Crippen molar-refractivity contribution < 1.29 is 0 Å². The van der Waals surface area contributed by atoms with Gasteiger partial charge in [0.05, 0.1) is 21.4 Å². The summed E-state index contributed by atoms with van der Waals surface area (Å²) in [7, 11) is 0. The molecule has 52 heavy (non-hydrogen) atoms. The summed E-state index contributed by atoms with van der Waals surface area (Å²) in [5, 5.41) is 7.76. The minimum Gasteiger partial charge on any atom is -0.309 e. The number of hydrogen-bond donors (Lipinski definition) is 0. The van der Waals surface area contributed by atoms with E-state index in [2.05, 4.69) is 191 Å². The maximum Gasteiger partial charge on any atom is 0.0640 e.